The zero-order chi connectivity index (χ0) is 15.6. The first-order valence-electron chi connectivity index (χ1n) is 9.11. The lowest BCUT2D eigenvalue weighted by Gasteiger charge is -2.34. The van der Waals surface area contributed by atoms with Gasteiger partial charge < -0.3 is 9.80 Å². The van der Waals surface area contributed by atoms with Crippen molar-refractivity contribution in [1.29, 1.82) is 0 Å². The highest BCUT2D eigenvalue weighted by Crippen LogP contribution is 2.42. The van der Waals surface area contributed by atoms with Crippen molar-refractivity contribution in [3.05, 3.63) is 48.0 Å². The number of carbonyl (C=O) groups is 1. The molecule has 1 amide bonds. The van der Waals surface area contributed by atoms with Crippen LogP contribution < -0.4 is 4.90 Å². The number of rotatable bonds is 4. The van der Waals surface area contributed by atoms with E-state index in [0.29, 0.717) is 6.42 Å². The number of nitrogens with one attached hydrogen (secondary N) is 1. The summed E-state index contributed by atoms with van der Waals surface area (Å²) in [4.78, 5) is 16.2. The SMILES string of the molecule is O=C(Cc1ccccc1)N1CC[NH+](C[C@H]2C[C@@H]3C=C[C@H]2C3)CC1. The molecule has 2 bridgehead atoms. The minimum atomic E-state index is 0.290. The van der Waals surface area contributed by atoms with Crippen molar-refractivity contribution < 1.29 is 9.69 Å². The molecule has 0 radical (unpaired) electrons. The molecule has 1 aliphatic heterocycles. The third-order valence-corrected chi connectivity index (χ3v) is 5.99. The van der Waals surface area contributed by atoms with Gasteiger partial charge in [0.2, 0.25) is 5.91 Å². The Morgan fingerprint density at radius 3 is 2.52 bits per heavy atom. The third kappa shape index (κ3) is 3.35. The van der Waals surface area contributed by atoms with Gasteiger partial charge in [-0.1, -0.05) is 42.5 Å². The van der Waals surface area contributed by atoms with E-state index in [1.54, 1.807) is 4.90 Å². The van der Waals surface area contributed by atoms with Gasteiger partial charge in [-0.05, 0) is 30.2 Å². The average molecular weight is 311 g/mol. The van der Waals surface area contributed by atoms with Crippen molar-refractivity contribution in [3.8, 4) is 0 Å². The molecule has 1 saturated carbocycles. The summed E-state index contributed by atoms with van der Waals surface area (Å²) in [6.07, 6.45) is 8.24. The number of piperazine rings is 1. The minimum absolute atomic E-state index is 0.290. The molecular formula is C20H27N2O+. The van der Waals surface area contributed by atoms with Gasteiger partial charge in [-0.15, -0.1) is 0 Å². The van der Waals surface area contributed by atoms with Gasteiger partial charge in [0.15, 0.2) is 0 Å². The standard InChI is InChI=1S/C20H26N2O/c23-20(14-16-4-2-1-3-5-16)22-10-8-21(9-11-22)15-19-13-17-6-7-18(19)12-17/h1-7,17-19H,8-15H2/p+1/t17-,18+,19-/m1/s1. The van der Waals surface area contributed by atoms with Crippen molar-refractivity contribution >= 4 is 5.91 Å². The zero-order valence-corrected chi connectivity index (χ0v) is 13.8. The second-order valence-electron chi connectivity index (χ2n) is 7.54. The van der Waals surface area contributed by atoms with E-state index in [2.05, 4.69) is 17.1 Å². The summed E-state index contributed by atoms with van der Waals surface area (Å²) in [5.74, 6) is 2.91. The Bertz CT molecular complexity index is 575. The molecule has 122 valence electrons. The lowest BCUT2D eigenvalue weighted by molar-refractivity contribution is -0.907. The molecule has 1 heterocycles. The summed E-state index contributed by atoms with van der Waals surface area (Å²) < 4.78 is 0. The first-order chi connectivity index (χ1) is 11.3. The molecule has 3 aliphatic rings. The van der Waals surface area contributed by atoms with E-state index in [4.69, 9.17) is 0 Å². The fraction of sp³-hybridized carbons (Fsp3) is 0.550. The number of amides is 1. The van der Waals surface area contributed by atoms with Crippen molar-refractivity contribution in [1.82, 2.24) is 4.90 Å². The highest BCUT2D eigenvalue weighted by Gasteiger charge is 2.38. The van der Waals surface area contributed by atoms with Crippen LogP contribution in [0, 0.1) is 17.8 Å². The van der Waals surface area contributed by atoms with E-state index >= 15 is 0 Å². The monoisotopic (exact) mass is 311 g/mol. The van der Waals surface area contributed by atoms with Crippen LogP contribution in [0.3, 0.4) is 0 Å². The molecule has 0 unspecified atom stereocenters. The fourth-order valence-electron chi connectivity index (χ4n) is 4.66. The van der Waals surface area contributed by atoms with Gasteiger partial charge in [0, 0.05) is 5.92 Å². The Morgan fingerprint density at radius 2 is 1.87 bits per heavy atom. The minimum Gasteiger partial charge on any atom is -0.332 e. The Balaban J connectivity index is 1.24. The summed E-state index contributed by atoms with van der Waals surface area (Å²) in [7, 11) is 0. The maximum Gasteiger partial charge on any atom is 0.227 e. The molecular weight excluding hydrogens is 284 g/mol. The van der Waals surface area contributed by atoms with Gasteiger partial charge in [-0.25, -0.2) is 0 Å². The molecule has 0 spiro atoms. The summed E-state index contributed by atoms with van der Waals surface area (Å²) in [5, 5.41) is 0. The van der Waals surface area contributed by atoms with Crippen LogP contribution in [-0.4, -0.2) is 43.5 Å². The van der Waals surface area contributed by atoms with Gasteiger partial charge in [0.25, 0.3) is 0 Å². The van der Waals surface area contributed by atoms with E-state index < -0.39 is 0 Å². The number of hydrogen-bond donors (Lipinski definition) is 1. The van der Waals surface area contributed by atoms with Crippen molar-refractivity contribution in [2.45, 2.75) is 19.3 Å². The average Bonchev–Trinajstić information content (AvgIpc) is 3.19. The maximum absolute atomic E-state index is 12.4. The van der Waals surface area contributed by atoms with Crippen LogP contribution in [-0.2, 0) is 11.2 Å². The molecule has 4 rings (SSSR count). The predicted molar refractivity (Wildman–Crippen MR) is 91.1 cm³/mol. The summed E-state index contributed by atoms with van der Waals surface area (Å²) >= 11 is 0. The van der Waals surface area contributed by atoms with Gasteiger partial charge in [-0.2, -0.15) is 0 Å². The Labute approximate surface area is 139 Å². The highest BCUT2D eigenvalue weighted by atomic mass is 16.2. The molecule has 1 saturated heterocycles. The van der Waals surface area contributed by atoms with E-state index in [1.165, 1.54) is 19.4 Å². The lowest BCUT2D eigenvalue weighted by atomic mass is 9.93. The molecule has 1 aromatic carbocycles. The Morgan fingerprint density at radius 1 is 1.09 bits per heavy atom. The van der Waals surface area contributed by atoms with Gasteiger partial charge in [0.05, 0.1) is 39.1 Å². The van der Waals surface area contributed by atoms with Crippen LogP contribution in [0.1, 0.15) is 18.4 Å². The largest absolute Gasteiger partial charge is 0.332 e. The molecule has 23 heavy (non-hydrogen) atoms. The Kier molecular flexibility index (Phi) is 4.21. The number of carbonyl (C=O) groups excluding carboxylic acids is 1. The predicted octanol–water partition coefficient (Wildman–Crippen LogP) is 1.17. The van der Waals surface area contributed by atoms with E-state index in [1.807, 2.05) is 30.3 Å². The van der Waals surface area contributed by atoms with Crippen molar-refractivity contribution in [2.24, 2.45) is 17.8 Å². The van der Waals surface area contributed by atoms with Gasteiger partial charge in [-0.3, -0.25) is 4.79 Å². The van der Waals surface area contributed by atoms with Crippen LogP contribution in [0.2, 0.25) is 0 Å². The Hall–Kier alpha value is -1.61. The van der Waals surface area contributed by atoms with Crippen molar-refractivity contribution in [3.63, 3.8) is 0 Å². The number of nitrogens with zero attached hydrogens (tertiary/aromatic N) is 1. The van der Waals surface area contributed by atoms with Crippen LogP contribution in [0.5, 0.6) is 0 Å². The first-order valence-corrected chi connectivity index (χ1v) is 9.11. The van der Waals surface area contributed by atoms with Crippen LogP contribution in [0.4, 0.5) is 0 Å². The van der Waals surface area contributed by atoms with Gasteiger partial charge in [0.1, 0.15) is 0 Å². The molecule has 0 aromatic heterocycles. The maximum atomic E-state index is 12.4. The summed E-state index contributed by atoms with van der Waals surface area (Å²) in [6, 6.07) is 10.1. The van der Waals surface area contributed by atoms with E-state index in [9.17, 15) is 4.79 Å². The van der Waals surface area contributed by atoms with Crippen molar-refractivity contribution in [2.75, 3.05) is 32.7 Å². The van der Waals surface area contributed by atoms with E-state index in [-0.39, 0.29) is 5.91 Å². The van der Waals surface area contributed by atoms with E-state index in [0.717, 1.165) is 49.5 Å². The lowest BCUT2D eigenvalue weighted by Crippen LogP contribution is -3.15. The van der Waals surface area contributed by atoms with Crippen LogP contribution in [0.25, 0.3) is 0 Å². The molecule has 3 nitrogen and oxygen atoms in total. The molecule has 2 fully saturated rings. The number of benzene rings is 1. The smallest absolute Gasteiger partial charge is 0.227 e. The molecule has 3 atom stereocenters. The summed E-state index contributed by atoms with van der Waals surface area (Å²) in [6.45, 7) is 5.41. The number of hydrogen-bond acceptors (Lipinski definition) is 1. The summed E-state index contributed by atoms with van der Waals surface area (Å²) in [5.41, 5.74) is 1.13. The quantitative estimate of drug-likeness (QED) is 0.830. The third-order valence-electron chi connectivity index (χ3n) is 5.99. The van der Waals surface area contributed by atoms with Crippen LogP contribution >= 0.6 is 0 Å². The number of fused-ring (bicyclic) bond motifs is 2. The zero-order valence-electron chi connectivity index (χ0n) is 13.8. The first kappa shape index (κ1) is 14.9. The number of quaternary nitrogens is 1. The fourth-order valence-corrected chi connectivity index (χ4v) is 4.66. The second kappa shape index (κ2) is 6.48. The normalized spacial score (nSPS) is 30.1. The molecule has 3 heteroatoms. The number of allylic oxidation sites excluding steroid dienone is 2. The van der Waals surface area contributed by atoms with Gasteiger partial charge >= 0.3 is 0 Å². The molecule has 2 aliphatic carbocycles. The second-order valence-corrected chi connectivity index (χ2v) is 7.54. The topological polar surface area (TPSA) is 24.8 Å². The highest BCUT2D eigenvalue weighted by molar-refractivity contribution is 5.78. The molecule has 1 aromatic rings. The van der Waals surface area contributed by atoms with Crippen LogP contribution in [0.15, 0.2) is 42.5 Å². The molecule has 1 N–H and O–H groups in total.